The second-order valence-electron chi connectivity index (χ2n) is 4.47. The van der Waals surface area contributed by atoms with E-state index < -0.39 is 27.7 Å². The van der Waals surface area contributed by atoms with Gasteiger partial charge in [-0.1, -0.05) is 17.7 Å². The van der Waals surface area contributed by atoms with Crippen LogP contribution < -0.4 is 4.72 Å². The molecule has 3 nitrogen and oxygen atoms in total. The summed E-state index contributed by atoms with van der Waals surface area (Å²) in [5, 5.41) is 0.419. The van der Waals surface area contributed by atoms with Crippen LogP contribution in [0.3, 0.4) is 0 Å². The van der Waals surface area contributed by atoms with Crippen molar-refractivity contribution in [3.8, 4) is 0 Å². The fraction of sp³-hybridized carbons (Fsp3) is 0.143. The minimum atomic E-state index is -3.77. The van der Waals surface area contributed by atoms with E-state index in [4.69, 9.17) is 11.6 Å². The molecule has 0 amide bonds. The van der Waals surface area contributed by atoms with Crippen LogP contribution in [-0.2, 0) is 10.0 Å². The molecule has 0 saturated heterocycles. The third kappa shape index (κ3) is 3.78. The van der Waals surface area contributed by atoms with Gasteiger partial charge in [0.05, 0.1) is 4.90 Å². The van der Waals surface area contributed by atoms with Crippen molar-refractivity contribution in [1.82, 2.24) is 4.72 Å². The van der Waals surface area contributed by atoms with Crippen LogP contribution in [0.2, 0.25) is 5.02 Å². The van der Waals surface area contributed by atoms with Crippen LogP contribution in [0.4, 0.5) is 8.78 Å². The molecule has 21 heavy (non-hydrogen) atoms. The quantitative estimate of drug-likeness (QED) is 0.929. The van der Waals surface area contributed by atoms with Crippen molar-refractivity contribution < 1.29 is 17.2 Å². The molecule has 1 N–H and O–H groups in total. The van der Waals surface area contributed by atoms with Gasteiger partial charge in [-0.3, -0.25) is 0 Å². The molecule has 1 atom stereocenters. The molecule has 0 heterocycles. The van der Waals surface area contributed by atoms with Gasteiger partial charge in [0.25, 0.3) is 0 Å². The van der Waals surface area contributed by atoms with E-state index in [9.17, 15) is 17.2 Å². The molecular weight excluding hydrogens is 320 g/mol. The van der Waals surface area contributed by atoms with Crippen molar-refractivity contribution in [1.29, 1.82) is 0 Å². The topological polar surface area (TPSA) is 46.2 Å². The van der Waals surface area contributed by atoms with Crippen LogP contribution in [0.15, 0.2) is 47.4 Å². The molecule has 0 aliphatic carbocycles. The Bertz CT molecular complexity index is 748. The van der Waals surface area contributed by atoms with Crippen molar-refractivity contribution in [2.24, 2.45) is 0 Å². The van der Waals surface area contributed by atoms with E-state index in [1.165, 1.54) is 30.3 Å². The van der Waals surface area contributed by atoms with Gasteiger partial charge in [-0.2, -0.15) is 0 Å². The molecule has 0 radical (unpaired) electrons. The summed E-state index contributed by atoms with van der Waals surface area (Å²) in [6.45, 7) is 1.54. The Hall–Kier alpha value is -1.50. The van der Waals surface area contributed by atoms with Crippen LogP contribution in [0.5, 0.6) is 0 Å². The fourth-order valence-corrected chi connectivity index (χ4v) is 3.12. The molecule has 2 rings (SSSR count). The normalized spacial score (nSPS) is 13.1. The summed E-state index contributed by atoms with van der Waals surface area (Å²) in [4.78, 5) is 0.0429. The Labute approximate surface area is 126 Å². The lowest BCUT2D eigenvalue weighted by atomic mass is 10.1. The summed E-state index contributed by atoms with van der Waals surface area (Å²) in [7, 11) is -3.77. The summed E-state index contributed by atoms with van der Waals surface area (Å²) < 4.78 is 52.8. The smallest absolute Gasteiger partial charge is 0.207 e. The zero-order valence-corrected chi connectivity index (χ0v) is 12.5. The molecule has 2 aromatic carbocycles. The zero-order chi connectivity index (χ0) is 15.6. The molecule has 0 bridgehead atoms. The Kier molecular flexibility index (Phi) is 4.61. The molecule has 2 aromatic rings. The fourth-order valence-electron chi connectivity index (χ4n) is 1.76. The van der Waals surface area contributed by atoms with Crippen molar-refractivity contribution in [2.75, 3.05) is 0 Å². The standard InChI is InChI=1S/C14H12ClF2NO2S/c1-9(10-2-7-13(16)14(17)8-10)18-21(19,20)12-5-3-11(15)4-6-12/h2-9,18H,1H3/t9-/m1/s1. The number of hydrogen-bond donors (Lipinski definition) is 1. The Morgan fingerprint density at radius 1 is 1.05 bits per heavy atom. The third-order valence-electron chi connectivity index (χ3n) is 2.90. The largest absolute Gasteiger partial charge is 0.241 e. The average molecular weight is 332 g/mol. The number of sulfonamides is 1. The molecule has 0 aliphatic heterocycles. The van der Waals surface area contributed by atoms with Gasteiger partial charge >= 0.3 is 0 Å². The van der Waals surface area contributed by atoms with Crippen LogP contribution in [0.25, 0.3) is 0 Å². The third-order valence-corrected chi connectivity index (χ3v) is 4.71. The van der Waals surface area contributed by atoms with E-state index in [1.54, 1.807) is 6.92 Å². The van der Waals surface area contributed by atoms with Gasteiger partial charge in [-0.05, 0) is 48.9 Å². The van der Waals surface area contributed by atoms with Crippen LogP contribution in [0, 0.1) is 11.6 Å². The summed E-state index contributed by atoms with van der Waals surface area (Å²) in [6, 6.07) is 8.18. The van der Waals surface area contributed by atoms with E-state index in [0.717, 1.165) is 12.1 Å². The average Bonchev–Trinajstić information content (AvgIpc) is 2.41. The van der Waals surface area contributed by atoms with Crippen molar-refractivity contribution in [2.45, 2.75) is 17.9 Å². The maximum atomic E-state index is 13.2. The molecule has 0 spiro atoms. The SMILES string of the molecule is C[C@@H](NS(=O)(=O)c1ccc(Cl)cc1)c1ccc(F)c(F)c1. The Morgan fingerprint density at radius 2 is 1.67 bits per heavy atom. The van der Waals surface area contributed by atoms with E-state index in [1.807, 2.05) is 0 Å². The maximum Gasteiger partial charge on any atom is 0.241 e. The first-order chi connectivity index (χ1) is 9.79. The molecule has 0 aromatic heterocycles. The number of nitrogens with one attached hydrogen (secondary N) is 1. The molecule has 0 saturated carbocycles. The first kappa shape index (κ1) is 15.9. The van der Waals surface area contributed by atoms with Gasteiger partial charge in [-0.25, -0.2) is 21.9 Å². The highest BCUT2D eigenvalue weighted by Crippen LogP contribution is 2.20. The number of rotatable bonds is 4. The maximum absolute atomic E-state index is 13.2. The Morgan fingerprint density at radius 3 is 2.24 bits per heavy atom. The van der Waals surface area contributed by atoms with Gasteiger partial charge in [0.1, 0.15) is 0 Å². The van der Waals surface area contributed by atoms with E-state index in [-0.39, 0.29) is 4.90 Å². The van der Waals surface area contributed by atoms with E-state index in [2.05, 4.69) is 4.72 Å². The minimum Gasteiger partial charge on any atom is -0.207 e. The summed E-state index contributed by atoms with van der Waals surface area (Å²) in [5.41, 5.74) is 0.325. The summed E-state index contributed by atoms with van der Waals surface area (Å²) in [6.07, 6.45) is 0. The van der Waals surface area contributed by atoms with Gasteiger partial charge in [-0.15, -0.1) is 0 Å². The van der Waals surface area contributed by atoms with Crippen LogP contribution in [-0.4, -0.2) is 8.42 Å². The Balaban J connectivity index is 2.23. The second-order valence-corrected chi connectivity index (χ2v) is 6.62. The molecule has 7 heteroatoms. The number of halogens is 3. The predicted molar refractivity (Wildman–Crippen MR) is 76.5 cm³/mol. The molecule has 112 valence electrons. The lowest BCUT2D eigenvalue weighted by Crippen LogP contribution is -2.27. The lowest BCUT2D eigenvalue weighted by molar-refractivity contribution is 0.504. The summed E-state index contributed by atoms with van der Waals surface area (Å²) in [5.74, 6) is -2.00. The molecule has 0 aliphatic rings. The highest BCUT2D eigenvalue weighted by atomic mass is 35.5. The van der Waals surface area contributed by atoms with Gasteiger partial charge in [0, 0.05) is 11.1 Å². The molecule has 0 fully saturated rings. The lowest BCUT2D eigenvalue weighted by Gasteiger charge is -2.15. The number of benzene rings is 2. The summed E-state index contributed by atoms with van der Waals surface area (Å²) >= 11 is 5.70. The first-order valence-electron chi connectivity index (χ1n) is 6.02. The van der Waals surface area contributed by atoms with Gasteiger partial charge in [0.2, 0.25) is 10.0 Å². The van der Waals surface area contributed by atoms with Crippen molar-refractivity contribution >= 4 is 21.6 Å². The van der Waals surface area contributed by atoms with E-state index in [0.29, 0.717) is 10.6 Å². The van der Waals surface area contributed by atoms with Crippen molar-refractivity contribution in [3.63, 3.8) is 0 Å². The van der Waals surface area contributed by atoms with Gasteiger partial charge in [0.15, 0.2) is 11.6 Å². The monoisotopic (exact) mass is 331 g/mol. The van der Waals surface area contributed by atoms with Crippen LogP contribution >= 0.6 is 11.6 Å². The minimum absolute atomic E-state index is 0.0429. The highest BCUT2D eigenvalue weighted by Gasteiger charge is 2.19. The zero-order valence-electron chi connectivity index (χ0n) is 11.0. The highest BCUT2D eigenvalue weighted by molar-refractivity contribution is 7.89. The molecule has 0 unspecified atom stereocenters. The van der Waals surface area contributed by atoms with Crippen LogP contribution in [0.1, 0.15) is 18.5 Å². The van der Waals surface area contributed by atoms with E-state index >= 15 is 0 Å². The van der Waals surface area contributed by atoms with Crippen molar-refractivity contribution in [3.05, 3.63) is 64.7 Å². The first-order valence-corrected chi connectivity index (χ1v) is 7.88. The predicted octanol–water partition coefficient (Wildman–Crippen LogP) is 3.66. The van der Waals surface area contributed by atoms with Gasteiger partial charge < -0.3 is 0 Å². The number of hydrogen-bond acceptors (Lipinski definition) is 2. The molecular formula is C14H12ClF2NO2S. The second kappa shape index (κ2) is 6.09.